The van der Waals surface area contributed by atoms with Gasteiger partial charge >= 0.3 is 5.97 Å². The van der Waals surface area contributed by atoms with Crippen LogP contribution in [0.1, 0.15) is 17.3 Å². The Morgan fingerprint density at radius 2 is 2.40 bits per heavy atom. The van der Waals surface area contributed by atoms with Crippen molar-refractivity contribution >= 4 is 32.9 Å². The minimum Gasteiger partial charge on any atom is -0.462 e. The Morgan fingerprint density at radius 1 is 1.60 bits per heavy atom. The molecule has 0 saturated carbocycles. The Kier molecular flexibility index (Phi) is 2.73. The Hall–Kier alpha value is -1.36. The summed E-state index contributed by atoms with van der Waals surface area (Å²) in [5.74, 6) is -0.351. The second kappa shape index (κ2) is 4.02. The molecule has 0 spiro atoms. The number of benzene rings is 1. The Labute approximate surface area is 94.8 Å². The highest BCUT2D eigenvalue weighted by Crippen LogP contribution is 2.22. The van der Waals surface area contributed by atoms with E-state index in [4.69, 9.17) is 4.74 Å². The van der Waals surface area contributed by atoms with Crippen LogP contribution in [0.4, 0.5) is 0 Å². The number of nitrogens with zero attached hydrogens (tertiary/aromatic N) is 1. The number of halogens is 1. The molecule has 0 amide bonds. The van der Waals surface area contributed by atoms with Crippen LogP contribution in [-0.2, 0) is 4.74 Å². The molecule has 2 rings (SSSR count). The van der Waals surface area contributed by atoms with Crippen LogP contribution in [0.3, 0.4) is 0 Å². The molecule has 78 valence electrons. The zero-order valence-corrected chi connectivity index (χ0v) is 9.67. The molecule has 0 unspecified atom stereocenters. The van der Waals surface area contributed by atoms with Crippen molar-refractivity contribution < 1.29 is 9.53 Å². The number of fused-ring (bicyclic) bond motifs is 1. The fourth-order valence-electron chi connectivity index (χ4n) is 1.38. The third-order valence-corrected chi connectivity index (χ3v) is 2.44. The summed E-state index contributed by atoms with van der Waals surface area (Å²) in [7, 11) is 0. The number of aromatic nitrogens is 2. The molecule has 0 aliphatic rings. The molecule has 1 N–H and O–H groups in total. The molecule has 0 atom stereocenters. The first kappa shape index (κ1) is 10.2. The van der Waals surface area contributed by atoms with Crippen LogP contribution >= 0.6 is 15.9 Å². The van der Waals surface area contributed by atoms with Crippen LogP contribution < -0.4 is 0 Å². The van der Waals surface area contributed by atoms with Crippen LogP contribution in [0.15, 0.2) is 22.9 Å². The van der Waals surface area contributed by atoms with Crippen molar-refractivity contribution in [1.82, 2.24) is 9.97 Å². The number of carbonyl (C=O) groups excluding carboxylic acids is 1. The number of imidazole rings is 1. The second-order valence-corrected chi connectivity index (χ2v) is 3.89. The number of nitrogens with one attached hydrogen (secondary N) is 1. The van der Waals surface area contributed by atoms with E-state index in [1.54, 1.807) is 19.3 Å². The first-order chi connectivity index (χ1) is 7.22. The fourth-order valence-corrected chi connectivity index (χ4v) is 1.84. The van der Waals surface area contributed by atoms with E-state index in [0.29, 0.717) is 17.7 Å². The van der Waals surface area contributed by atoms with Crippen molar-refractivity contribution in [1.29, 1.82) is 0 Å². The average Bonchev–Trinajstić information content (AvgIpc) is 2.64. The number of aromatic amines is 1. The van der Waals surface area contributed by atoms with Gasteiger partial charge in [-0.2, -0.15) is 0 Å². The minimum atomic E-state index is -0.351. The summed E-state index contributed by atoms with van der Waals surface area (Å²) in [4.78, 5) is 18.6. The third-order valence-electron chi connectivity index (χ3n) is 1.98. The predicted molar refractivity (Wildman–Crippen MR) is 59.8 cm³/mol. The zero-order chi connectivity index (χ0) is 10.8. The highest BCUT2D eigenvalue weighted by Gasteiger charge is 2.13. The summed E-state index contributed by atoms with van der Waals surface area (Å²) in [5.41, 5.74) is 1.92. The summed E-state index contributed by atoms with van der Waals surface area (Å²) in [6.07, 6.45) is 1.56. The molecule has 1 aromatic carbocycles. The van der Waals surface area contributed by atoms with E-state index >= 15 is 0 Å². The zero-order valence-electron chi connectivity index (χ0n) is 8.08. The molecule has 0 fully saturated rings. The van der Waals surface area contributed by atoms with Crippen molar-refractivity contribution in [3.05, 3.63) is 28.5 Å². The van der Waals surface area contributed by atoms with Crippen molar-refractivity contribution in [2.45, 2.75) is 6.92 Å². The van der Waals surface area contributed by atoms with Crippen LogP contribution in [0.2, 0.25) is 0 Å². The summed E-state index contributed by atoms with van der Waals surface area (Å²) >= 11 is 3.33. The highest BCUT2D eigenvalue weighted by molar-refractivity contribution is 9.10. The maximum atomic E-state index is 11.6. The van der Waals surface area contributed by atoms with Gasteiger partial charge in [-0.1, -0.05) is 15.9 Å². The van der Waals surface area contributed by atoms with Gasteiger partial charge in [-0.15, -0.1) is 0 Å². The molecule has 2 aromatic rings. The van der Waals surface area contributed by atoms with E-state index < -0.39 is 0 Å². The fraction of sp³-hybridized carbons (Fsp3) is 0.200. The van der Waals surface area contributed by atoms with E-state index in [-0.39, 0.29) is 5.97 Å². The Morgan fingerprint density at radius 3 is 3.13 bits per heavy atom. The Bertz CT molecular complexity index is 507. The van der Waals surface area contributed by atoms with Crippen LogP contribution in [0.25, 0.3) is 11.0 Å². The van der Waals surface area contributed by atoms with Gasteiger partial charge in [-0.3, -0.25) is 0 Å². The van der Waals surface area contributed by atoms with Gasteiger partial charge in [0, 0.05) is 4.47 Å². The van der Waals surface area contributed by atoms with Crippen molar-refractivity contribution in [2.24, 2.45) is 0 Å². The first-order valence-electron chi connectivity index (χ1n) is 4.52. The monoisotopic (exact) mass is 268 g/mol. The van der Waals surface area contributed by atoms with Gasteiger partial charge in [0.05, 0.1) is 24.0 Å². The van der Waals surface area contributed by atoms with Gasteiger partial charge in [-0.05, 0) is 19.1 Å². The highest BCUT2D eigenvalue weighted by atomic mass is 79.9. The number of carbonyl (C=O) groups is 1. The second-order valence-electron chi connectivity index (χ2n) is 2.97. The SMILES string of the molecule is CCOC(=O)c1cc(Br)cc2[nH]cnc12. The van der Waals surface area contributed by atoms with Crippen molar-refractivity contribution in [2.75, 3.05) is 6.61 Å². The smallest absolute Gasteiger partial charge is 0.340 e. The number of H-pyrrole nitrogens is 1. The number of hydrogen-bond acceptors (Lipinski definition) is 3. The van der Waals surface area contributed by atoms with E-state index in [1.165, 1.54) is 0 Å². The lowest BCUT2D eigenvalue weighted by Gasteiger charge is -2.03. The molecular weight excluding hydrogens is 260 g/mol. The normalized spacial score (nSPS) is 10.5. The van der Waals surface area contributed by atoms with Crippen LogP contribution in [-0.4, -0.2) is 22.5 Å². The molecule has 1 aromatic heterocycles. The third kappa shape index (κ3) is 1.87. The first-order valence-corrected chi connectivity index (χ1v) is 5.31. The molecule has 0 aliphatic heterocycles. The average molecular weight is 269 g/mol. The van der Waals surface area contributed by atoms with Crippen molar-refractivity contribution in [3.63, 3.8) is 0 Å². The van der Waals surface area contributed by atoms with Gasteiger partial charge in [0.1, 0.15) is 5.52 Å². The lowest BCUT2D eigenvalue weighted by Crippen LogP contribution is -2.05. The maximum absolute atomic E-state index is 11.6. The van der Waals surface area contributed by atoms with E-state index in [1.807, 2.05) is 6.07 Å². The van der Waals surface area contributed by atoms with Crippen LogP contribution in [0, 0.1) is 0 Å². The van der Waals surface area contributed by atoms with E-state index in [2.05, 4.69) is 25.9 Å². The molecule has 0 bridgehead atoms. The molecule has 5 heteroatoms. The van der Waals surface area contributed by atoms with Gasteiger partial charge in [0.25, 0.3) is 0 Å². The summed E-state index contributed by atoms with van der Waals surface area (Å²) in [6.45, 7) is 2.13. The molecule has 0 saturated heterocycles. The molecular formula is C10H9BrN2O2. The molecule has 0 radical (unpaired) electrons. The lowest BCUT2D eigenvalue weighted by atomic mass is 10.2. The quantitative estimate of drug-likeness (QED) is 0.852. The number of hydrogen-bond donors (Lipinski definition) is 1. The minimum absolute atomic E-state index is 0.351. The molecule has 1 heterocycles. The number of ether oxygens (including phenoxy) is 1. The summed E-state index contributed by atoms with van der Waals surface area (Å²) in [6, 6.07) is 3.58. The molecule has 15 heavy (non-hydrogen) atoms. The standard InChI is InChI=1S/C10H9BrN2O2/c1-2-15-10(14)7-3-6(11)4-8-9(7)13-5-12-8/h3-5H,2H2,1H3,(H,12,13). The number of esters is 1. The molecule has 0 aliphatic carbocycles. The van der Waals surface area contributed by atoms with Crippen LogP contribution in [0.5, 0.6) is 0 Å². The molecule has 4 nitrogen and oxygen atoms in total. The van der Waals surface area contributed by atoms with E-state index in [9.17, 15) is 4.79 Å². The predicted octanol–water partition coefficient (Wildman–Crippen LogP) is 2.50. The van der Waals surface area contributed by atoms with Gasteiger partial charge < -0.3 is 9.72 Å². The summed E-state index contributed by atoms with van der Waals surface area (Å²) < 4.78 is 5.77. The Balaban J connectivity index is 2.57. The van der Waals surface area contributed by atoms with Gasteiger partial charge in [0.2, 0.25) is 0 Å². The topological polar surface area (TPSA) is 55.0 Å². The summed E-state index contributed by atoms with van der Waals surface area (Å²) in [5, 5.41) is 0. The lowest BCUT2D eigenvalue weighted by molar-refractivity contribution is 0.0528. The maximum Gasteiger partial charge on any atom is 0.340 e. The largest absolute Gasteiger partial charge is 0.462 e. The van der Waals surface area contributed by atoms with Gasteiger partial charge in [0.15, 0.2) is 0 Å². The number of rotatable bonds is 2. The van der Waals surface area contributed by atoms with E-state index in [0.717, 1.165) is 9.99 Å². The van der Waals surface area contributed by atoms with Gasteiger partial charge in [-0.25, -0.2) is 9.78 Å². The van der Waals surface area contributed by atoms with Crippen molar-refractivity contribution in [3.8, 4) is 0 Å².